The van der Waals surface area contributed by atoms with Gasteiger partial charge in [-0.1, -0.05) is 40.2 Å². The van der Waals surface area contributed by atoms with Crippen LogP contribution in [0.2, 0.25) is 0 Å². The number of nitrogens with zero attached hydrogens (tertiary/aromatic N) is 1. The first kappa shape index (κ1) is 17.8. The maximum absolute atomic E-state index is 12.3. The van der Waals surface area contributed by atoms with E-state index in [2.05, 4.69) is 26.6 Å². The smallest absolute Gasteiger partial charge is 0.267 e. The summed E-state index contributed by atoms with van der Waals surface area (Å²) in [6, 6.07) is 15.4. The van der Waals surface area contributed by atoms with Crippen LogP contribution in [-0.2, 0) is 11.3 Å². The van der Waals surface area contributed by atoms with Gasteiger partial charge in [-0.25, -0.2) is 0 Å². The summed E-state index contributed by atoms with van der Waals surface area (Å²) in [5, 5.41) is 15.0. The molecule has 0 saturated carbocycles. The van der Waals surface area contributed by atoms with Crippen molar-refractivity contribution < 1.29 is 4.79 Å². The van der Waals surface area contributed by atoms with Crippen molar-refractivity contribution in [3.8, 4) is 6.07 Å². The molecule has 0 radical (unpaired) electrons. The Labute approximate surface area is 150 Å². The van der Waals surface area contributed by atoms with Crippen LogP contribution >= 0.6 is 15.9 Å². The predicted octanol–water partition coefficient (Wildman–Crippen LogP) is 4.20. The van der Waals surface area contributed by atoms with Crippen LogP contribution in [0.15, 0.2) is 58.7 Å². The third-order valence-corrected chi connectivity index (χ3v) is 4.15. The van der Waals surface area contributed by atoms with E-state index in [1.165, 1.54) is 6.20 Å². The van der Waals surface area contributed by atoms with Crippen molar-refractivity contribution in [1.82, 2.24) is 5.32 Å². The number of carbonyl (C=O) groups excluding carboxylic acids is 1. The van der Waals surface area contributed by atoms with E-state index in [4.69, 9.17) is 0 Å². The molecule has 2 N–H and O–H groups in total. The molecule has 0 fully saturated rings. The number of benzene rings is 2. The maximum atomic E-state index is 12.3. The van der Waals surface area contributed by atoms with Gasteiger partial charge in [0.15, 0.2) is 0 Å². The van der Waals surface area contributed by atoms with Gasteiger partial charge in [-0.05, 0) is 48.7 Å². The largest absolute Gasteiger partial charge is 0.386 e. The van der Waals surface area contributed by atoms with Crippen LogP contribution in [0.5, 0.6) is 0 Å². The summed E-state index contributed by atoms with van der Waals surface area (Å²) >= 11 is 3.41. The average molecular weight is 384 g/mol. The Morgan fingerprint density at radius 2 is 2.00 bits per heavy atom. The molecule has 0 saturated heterocycles. The molecule has 2 aromatic rings. The summed E-state index contributed by atoms with van der Waals surface area (Å²) in [5.41, 5.74) is 3.88. The molecule has 0 aliphatic heterocycles. The van der Waals surface area contributed by atoms with Crippen LogP contribution in [0.4, 0.5) is 5.69 Å². The van der Waals surface area contributed by atoms with E-state index in [0.29, 0.717) is 12.2 Å². The highest BCUT2D eigenvalue weighted by atomic mass is 79.9. The molecule has 0 spiro atoms. The molecule has 5 heteroatoms. The molecular weight excluding hydrogens is 366 g/mol. The monoisotopic (exact) mass is 383 g/mol. The zero-order chi connectivity index (χ0) is 17.5. The molecule has 122 valence electrons. The van der Waals surface area contributed by atoms with Crippen LogP contribution in [0, 0.1) is 25.2 Å². The lowest BCUT2D eigenvalue weighted by Crippen LogP contribution is -2.17. The minimum absolute atomic E-state index is 0.0332. The van der Waals surface area contributed by atoms with Crippen molar-refractivity contribution in [3.63, 3.8) is 0 Å². The molecule has 0 aliphatic rings. The van der Waals surface area contributed by atoms with Gasteiger partial charge in [0.2, 0.25) is 0 Å². The molecular formula is C19H18BrN3O. The lowest BCUT2D eigenvalue weighted by Gasteiger charge is -2.10. The number of rotatable bonds is 5. The summed E-state index contributed by atoms with van der Waals surface area (Å²) in [6.45, 7) is 4.44. The molecule has 0 aliphatic carbocycles. The van der Waals surface area contributed by atoms with Gasteiger partial charge in [0.25, 0.3) is 5.91 Å². The fraction of sp³-hybridized carbons (Fsp3) is 0.158. The van der Waals surface area contributed by atoms with E-state index in [-0.39, 0.29) is 5.57 Å². The molecule has 0 bridgehead atoms. The van der Waals surface area contributed by atoms with Gasteiger partial charge in [-0.3, -0.25) is 4.79 Å². The van der Waals surface area contributed by atoms with Crippen molar-refractivity contribution in [2.24, 2.45) is 0 Å². The SMILES string of the molecule is Cc1cccc(NC(=O)/C(C#N)=C\NCc2cccc(Br)c2)c1C. The second-order valence-corrected chi connectivity index (χ2v) is 6.30. The third kappa shape index (κ3) is 4.71. The number of hydrogen-bond acceptors (Lipinski definition) is 3. The standard InChI is InChI=1S/C19H18BrN3O/c1-13-5-3-8-18(14(13)2)23-19(24)16(10-21)12-22-11-15-6-4-7-17(20)9-15/h3-9,12,22H,11H2,1-2H3,(H,23,24)/b16-12-. The van der Waals surface area contributed by atoms with Gasteiger partial charge in [0, 0.05) is 22.9 Å². The number of amides is 1. The Morgan fingerprint density at radius 3 is 2.71 bits per heavy atom. The molecule has 2 rings (SSSR count). The number of nitriles is 1. The molecule has 0 unspecified atom stereocenters. The highest BCUT2D eigenvalue weighted by Gasteiger charge is 2.11. The molecule has 24 heavy (non-hydrogen) atoms. The number of nitrogens with one attached hydrogen (secondary N) is 2. The average Bonchev–Trinajstić information content (AvgIpc) is 2.56. The minimum atomic E-state index is -0.423. The van der Waals surface area contributed by atoms with E-state index in [0.717, 1.165) is 21.2 Å². The lowest BCUT2D eigenvalue weighted by molar-refractivity contribution is -0.112. The minimum Gasteiger partial charge on any atom is -0.386 e. The number of aryl methyl sites for hydroxylation is 1. The molecule has 0 atom stereocenters. The summed E-state index contributed by atoms with van der Waals surface area (Å²) in [4.78, 5) is 12.3. The van der Waals surface area contributed by atoms with Crippen molar-refractivity contribution >= 4 is 27.5 Å². The molecule has 0 aromatic heterocycles. The molecule has 1 amide bonds. The fourth-order valence-corrected chi connectivity index (χ4v) is 2.59. The normalized spacial score (nSPS) is 10.8. The van der Waals surface area contributed by atoms with Crippen LogP contribution in [-0.4, -0.2) is 5.91 Å². The first-order chi connectivity index (χ1) is 11.5. The predicted molar refractivity (Wildman–Crippen MR) is 99.2 cm³/mol. The summed E-state index contributed by atoms with van der Waals surface area (Å²) in [5.74, 6) is -0.423. The second kappa shape index (κ2) is 8.32. The van der Waals surface area contributed by atoms with Crippen molar-refractivity contribution in [2.45, 2.75) is 20.4 Å². The second-order valence-electron chi connectivity index (χ2n) is 5.38. The molecule has 4 nitrogen and oxygen atoms in total. The fourth-order valence-electron chi connectivity index (χ4n) is 2.14. The quantitative estimate of drug-likeness (QED) is 0.600. The van der Waals surface area contributed by atoms with Crippen LogP contribution in [0.3, 0.4) is 0 Å². The summed E-state index contributed by atoms with van der Waals surface area (Å²) in [6.07, 6.45) is 1.45. The van der Waals surface area contributed by atoms with Crippen LogP contribution in [0.1, 0.15) is 16.7 Å². The Hall–Kier alpha value is -2.58. The Bertz CT molecular complexity index is 822. The van der Waals surface area contributed by atoms with Crippen LogP contribution < -0.4 is 10.6 Å². The summed E-state index contributed by atoms with van der Waals surface area (Å²) in [7, 11) is 0. The van der Waals surface area contributed by atoms with E-state index in [1.54, 1.807) is 0 Å². The van der Waals surface area contributed by atoms with Crippen LogP contribution in [0.25, 0.3) is 0 Å². The summed E-state index contributed by atoms with van der Waals surface area (Å²) < 4.78 is 0.985. The van der Waals surface area contributed by atoms with Gasteiger partial charge in [-0.2, -0.15) is 5.26 Å². The molecule has 2 aromatic carbocycles. The first-order valence-electron chi connectivity index (χ1n) is 7.47. The number of carbonyl (C=O) groups is 1. The van der Waals surface area contributed by atoms with Gasteiger partial charge in [0.1, 0.15) is 11.6 Å². The van der Waals surface area contributed by atoms with Gasteiger partial charge in [-0.15, -0.1) is 0 Å². The van der Waals surface area contributed by atoms with Gasteiger partial charge >= 0.3 is 0 Å². The van der Waals surface area contributed by atoms with E-state index in [9.17, 15) is 10.1 Å². The van der Waals surface area contributed by atoms with Gasteiger partial charge < -0.3 is 10.6 Å². The van der Waals surface area contributed by atoms with Crippen molar-refractivity contribution in [1.29, 1.82) is 5.26 Å². The Morgan fingerprint density at radius 1 is 1.25 bits per heavy atom. The van der Waals surface area contributed by atoms with E-state index >= 15 is 0 Å². The highest BCUT2D eigenvalue weighted by molar-refractivity contribution is 9.10. The number of halogens is 1. The Kier molecular flexibility index (Phi) is 6.16. The molecule has 0 heterocycles. The zero-order valence-corrected chi connectivity index (χ0v) is 15.1. The number of hydrogen-bond donors (Lipinski definition) is 2. The third-order valence-electron chi connectivity index (χ3n) is 3.66. The topological polar surface area (TPSA) is 64.9 Å². The van der Waals surface area contributed by atoms with E-state index < -0.39 is 5.91 Å². The van der Waals surface area contributed by atoms with Crippen molar-refractivity contribution in [2.75, 3.05) is 5.32 Å². The first-order valence-corrected chi connectivity index (χ1v) is 8.26. The number of anilines is 1. The van der Waals surface area contributed by atoms with Crippen molar-refractivity contribution in [3.05, 3.63) is 75.4 Å². The lowest BCUT2D eigenvalue weighted by atomic mass is 10.1. The highest BCUT2D eigenvalue weighted by Crippen LogP contribution is 2.18. The Balaban J connectivity index is 2.03. The maximum Gasteiger partial charge on any atom is 0.267 e. The zero-order valence-electron chi connectivity index (χ0n) is 13.6. The van der Waals surface area contributed by atoms with E-state index in [1.807, 2.05) is 62.4 Å². The van der Waals surface area contributed by atoms with Gasteiger partial charge in [0.05, 0.1) is 0 Å².